The summed E-state index contributed by atoms with van der Waals surface area (Å²) in [5.41, 5.74) is 2.48. The minimum Gasteiger partial charge on any atom is -0.379 e. The van der Waals surface area contributed by atoms with Crippen LogP contribution in [0.25, 0.3) is 0 Å². The summed E-state index contributed by atoms with van der Waals surface area (Å²) >= 11 is 0. The van der Waals surface area contributed by atoms with E-state index in [-0.39, 0.29) is 5.91 Å². The Morgan fingerprint density at radius 3 is 2.92 bits per heavy atom. The van der Waals surface area contributed by atoms with Crippen molar-refractivity contribution in [3.05, 3.63) is 35.4 Å². The normalized spacial score (nSPS) is 21.8. The highest BCUT2D eigenvalue weighted by Crippen LogP contribution is 2.14. The van der Waals surface area contributed by atoms with E-state index < -0.39 is 0 Å². The van der Waals surface area contributed by atoms with Crippen LogP contribution >= 0.6 is 0 Å². The zero-order valence-corrected chi connectivity index (χ0v) is 14.4. The van der Waals surface area contributed by atoms with Crippen molar-refractivity contribution in [1.82, 2.24) is 15.5 Å². The second-order valence-electron chi connectivity index (χ2n) is 6.88. The largest absolute Gasteiger partial charge is 0.379 e. The number of hydrogen-bond acceptors (Lipinski definition) is 4. The fourth-order valence-corrected chi connectivity index (χ4v) is 3.44. The number of rotatable bonds is 7. The van der Waals surface area contributed by atoms with Gasteiger partial charge in [0.05, 0.1) is 13.2 Å². The quantitative estimate of drug-likeness (QED) is 0.795. The van der Waals surface area contributed by atoms with Gasteiger partial charge in [-0.1, -0.05) is 24.3 Å². The molecule has 1 aromatic rings. The standard InChI is InChI=1S/C19H29N3O2/c23-19(5-4-16-6-7-20-13-16)21-14-17-2-1-3-18(12-17)15-22-8-10-24-11-9-22/h1-3,12,16,20H,4-11,13-15H2,(H,21,23). The molecule has 2 N–H and O–H groups in total. The van der Waals surface area contributed by atoms with Gasteiger partial charge in [0.1, 0.15) is 0 Å². The smallest absolute Gasteiger partial charge is 0.220 e. The molecule has 0 spiro atoms. The molecule has 2 fully saturated rings. The van der Waals surface area contributed by atoms with Crippen LogP contribution in [0.3, 0.4) is 0 Å². The van der Waals surface area contributed by atoms with E-state index in [0.29, 0.717) is 18.9 Å². The number of nitrogens with one attached hydrogen (secondary N) is 2. The van der Waals surface area contributed by atoms with E-state index in [1.807, 2.05) is 0 Å². The second-order valence-corrected chi connectivity index (χ2v) is 6.88. The Bertz CT molecular complexity index is 523. The Balaban J connectivity index is 1.41. The number of nitrogens with zero attached hydrogens (tertiary/aromatic N) is 1. The van der Waals surface area contributed by atoms with Gasteiger partial charge in [-0.2, -0.15) is 0 Å². The molecule has 5 nitrogen and oxygen atoms in total. The van der Waals surface area contributed by atoms with Crippen LogP contribution < -0.4 is 10.6 Å². The van der Waals surface area contributed by atoms with E-state index in [1.165, 1.54) is 17.5 Å². The molecule has 3 rings (SSSR count). The first-order valence-electron chi connectivity index (χ1n) is 9.15. The summed E-state index contributed by atoms with van der Waals surface area (Å²) in [4.78, 5) is 14.4. The van der Waals surface area contributed by atoms with Crippen molar-refractivity contribution in [3.8, 4) is 0 Å². The summed E-state index contributed by atoms with van der Waals surface area (Å²) in [7, 11) is 0. The number of morpholine rings is 1. The molecule has 0 bridgehead atoms. The number of hydrogen-bond donors (Lipinski definition) is 2. The van der Waals surface area contributed by atoms with Gasteiger partial charge < -0.3 is 15.4 Å². The van der Waals surface area contributed by atoms with Crippen molar-refractivity contribution >= 4 is 5.91 Å². The summed E-state index contributed by atoms with van der Waals surface area (Å²) in [6, 6.07) is 8.54. The molecule has 2 heterocycles. The highest BCUT2D eigenvalue weighted by molar-refractivity contribution is 5.75. The van der Waals surface area contributed by atoms with Gasteiger partial charge in [0, 0.05) is 32.6 Å². The zero-order valence-electron chi connectivity index (χ0n) is 14.4. The van der Waals surface area contributed by atoms with Crippen LogP contribution in [0.5, 0.6) is 0 Å². The molecule has 2 saturated heterocycles. The van der Waals surface area contributed by atoms with Gasteiger partial charge >= 0.3 is 0 Å². The van der Waals surface area contributed by atoms with Crippen molar-refractivity contribution in [2.75, 3.05) is 39.4 Å². The molecule has 0 radical (unpaired) electrons. The molecular formula is C19H29N3O2. The third-order valence-corrected chi connectivity index (χ3v) is 4.93. The Kier molecular flexibility index (Phi) is 6.64. The predicted molar refractivity (Wildman–Crippen MR) is 94.6 cm³/mol. The lowest BCUT2D eigenvalue weighted by Gasteiger charge is -2.26. The molecule has 1 atom stereocenters. The second kappa shape index (κ2) is 9.16. The van der Waals surface area contributed by atoms with Crippen LogP contribution in [0.1, 0.15) is 30.4 Å². The van der Waals surface area contributed by atoms with Crippen molar-refractivity contribution in [2.45, 2.75) is 32.4 Å². The first-order valence-corrected chi connectivity index (χ1v) is 9.15. The van der Waals surface area contributed by atoms with E-state index in [2.05, 4.69) is 39.8 Å². The lowest BCUT2D eigenvalue weighted by molar-refractivity contribution is -0.121. The highest BCUT2D eigenvalue weighted by Gasteiger charge is 2.15. The Morgan fingerprint density at radius 1 is 1.29 bits per heavy atom. The molecular weight excluding hydrogens is 302 g/mol. The van der Waals surface area contributed by atoms with E-state index in [9.17, 15) is 4.79 Å². The molecule has 2 aliphatic rings. The molecule has 5 heteroatoms. The Morgan fingerprint density at radius 2 is 2.12 bits per heavy atom. The molecule has 24 heavy (non-hydrogen) atoms. The third-order valence-electron chi connectivity index (χ3n) is 4.93. The highest BCUT2D eigenvalue weighted by atomic mass is 16.5. The SMILES string of the molecule is O=C(CCC1CCNC1)NCc1cccc(CN2CCOCC2)c1. The fraction of sp³-hybridized carbons (Fsp3) is 0.632. The molecule has 1 unspecified atom stereocenters. The number of carbonyl (C=O) groups excluding carboxylic acids is 1. The van der Waals surface area contributed by atoms with Gasteiger partial charge in [-0.05, 0) is 43.0 Å². The topological polar surface area (TPSA) is 53.6 Å². The van der Waals surface area contributed by atoms with Gasteiger partial charge in [0.15, 0.2) is 0 Å². The first-order chi connectivity index (χ1) is 11.8. The van der Waals surface area contributed by atoms with Gasteiger partial charge in [-0.3, -0.25) is 9.69 Å². The lowest BCUT2D eigenvalue weighted by atomic mass is 10.0. The molecule has 2 aliphatic heterocycles. The van der Waals surface area contributed by atoms with Gasteiger partial charge in [0.2, 0.25) is 5.91 Å². The predicted octanol–water partition coefficient (Wildman–Crippen LogP) is 1.52. The fourth-order valence-electron chi connectivity index (χ4n) is 3.44. The Labute approximate surface area is 144 Å². The minimum atomic E-state index is 0.167. The monoisotopic (exact) mass is 331 g/mol. The summed E-state index contributed by atoms with van der Waals surface area (Å²) in [6.45, 7) is 7.39. The average molecular weight is 331 g/mol. The first kappa shape index (κ1) is 17.4. The van der Waals surface area contributed by atoms with E-state index in [1.54, 1.807) is 0 Å². The Hall–Kier alpha value is -1.43. The summed E-state index contributed by atoms with van der Waals surface area (Å²) in [6.07, 6.45) is 2.84. The molecule has 0 aromatic heterocycles. The summed E-state index contributed by atoms with van der Waals surface area (Å²) in [5.74, 6) is 0.841. The van der Waals surface area contributed by atoms with Crippen molar-refractivity contribution < 1.29 is 9.53 Å². The maximum absolute atomic E-state index is 12.0. The van der Waals surface area contributed by atoms with E-state index in [0.717, 1.165) is 52.4 Å². The maximum atomic E-state index is 12.0. The number of amides is 1. The van der Waals surface area contributed by atoms with Crippen LogP contribution in [0.2, 0.25) is 0 Å². The van der Waals surface area contributed by atoms with Crippen LogP contribution in [0.4, 0.5) is 0 Å². The minimum absolute atomic E-state index is 0.167. The molecule has 1 aromatic carbocycles. The van der Waals surface area contributed by atoms with Crippen LogP contribution in [0, 0.1) is 5.92 Å². The van der Waals surface area contributed by atoms with Gasteiger partial charge in [-0.15, -0.1) is 0 Å². The van der Waals surface area contributed by atoms with Gasteiger partial charge in [0.25, 0.3) is 0 Å². The van der Waals surface area contributed by atoms with Crippen molar-refractivity contribution in [2.24, 2.45) is 5.92 Å². The maximum Gasteiger partial charge on any atom is 0.220 e. The average Bonchev–Trinajstić information content (AvgIpc) is 3.13. The van der Waals surface area contributed by atoms with Crippen molar-refractivity contribution in [1.29, 1.82) is 0 Å². The molecule has 132 valence electrons. The van der Waals surface area contributed by atoms with E-state index in [4.69, 9.17) is 4.74 Å². The summed E-state index contributed by atoms with van der Waals surface area (Å²) < 4.78 is 5.39. The number of carbonyl (C=O) groups is 1. The number of ether oxygens (including phenoxy) is 1. The third kappa shape index (κ3) is 5.58. The van der Waals surface area contributed by atoms with Crippen LogP contribution in [-0.4, -0.2) is 50.2 Å². The van der Waals surface area contributed by atoms with Crippen LogP contribution in [-0.2, 0) is 22.6 Å². The van der Waals surface area contributed by atoms with Crippen molar-refractivity contribution in [3.63, 3.8) is 0 Å². The molecule has 0 saturated carbocycles. The molecule has 0 aliphatic carbocycles. The molecule has 1 amide bonds. The number of benzene rings is 1. The van der Waals surface area contributed by atoms with E-state index >= 15 is 0 Å². The lowest BCUT2D eigenvalue weighted by Crippen LogP contribution is -2.35. The van der Waals surface area contributed by atoms with Crippen LogP contribution in [0.15, 0.2) is 24.3 Å². The zero-order chi connectivity index (χ0) is 16.6. The summed E-state index contributed by atoms with van der Waals surface area (Å²) in [5, 5.41) is 6.41. The van der Waals surface area contributed by atoms with Gasteiger partial charge in [-0.25, -0.2) is 0 Å².